The zero-order valence-corrected chi connectivity index (χ0v) is 20.5. The lowest BCUT2D eigenvalue weighted by Crippen LogP contribution is -2.27. The van der Waals surface area contributed by atoms with Gasteiger partial charge in [-0.25, -0.2) is 0 Å². The maximum atomic E-state index is 11.3. The SMILES string of the molecule is CCCCCCCCCCCCOCCOCCOCCOCCOCC(=O)N(C)C. The second-order valence-corrected chi connectivity index (χ2v) is 7.97. The molecule has 7 heteroatoms. The predicted molar refractivity (Wildman–Crippen MR) is 125 cm³/mol. The molecule has 31 heavy (non-hydrogen) atoms. The van der Waals surface area contributed by atoms with Gasteiger partial charge in [0.05, 0.1) is 52.9 Å². The van der Waals surface area contributed by atoms with Crippen molar-refractivity contribution >= 4 is 5.91 Å². The summed E-state index contributed by atoms with van der Waals surface area (Å²) in [6, 6.07) is 0. The topological polar surface area (TPSA) is 66.5 Å². The van der Waals surface area contributed by atoms with Gasteiger partial charge in [0.1, 0.15) is 6.61 Å². The van der Waals surface area contributed by atoms with Crippen molar-refractivity contribution < 1.29 is 28.5 Å². The molecule has 0 aromatic heterocycles. The van der Waals surface area contributed by atoms with Crippen LogP contribution in [0.5, 0.6) is 0 Å². The molecule has 0 saturated heterocycles. The van der Waals surface area contributed by atoms with E-state index in [0.29, 0.717) is 52.9 Å². The van der Waals surface area contributed by atoms with Gasteiger partial charge in [0.15, 0.2) is 0 Å². The van der Waals surface area contributed by atoms with E-state index >= 15 is 0 Å². The summed E-state index contributed by atoms with van der Waals surface area (Å²) in [5, 5.41) is 0. The van der Waals surface area contributed by atoms with Crippen molar-refractivity contribution in [1.29, 1.82) is 0 Å². The van der Waals surface area contributed by atoms with Crippen LogP contribution in [0.1, 0.15) is 71.1 Å². The molecule has 0 aliphatic heterocycles. The summed E-state index contributed by atoms with van der Waals surface area (Å²) in [5.41, 5.74) is 0. The molecule has 0 aliphatic carbocycles. The Bertz CT molecular complexity index is 368. The van der Waals surface area contributed by atoms with E-state index < -0.39 is 0 Å². The highest BCUT2D eigenvalue weighted by molar-refractivity contribution is 5.76. The molecule has 0 heterocycles. The van der Waals surface area contributed by atoms with Crippen molar-refractivity contribution in [2.45, 2.75) is 71.1 Å². The number of carbonyl (C=O) groups excluding carboxylic acids is 1. The highest BCUT2D eigenvalue weighted by Gasteiger charge is 2.02. The fourth-order valence-corrected chi connectivity index (χ4v) is 2.86. The number of ether oxygens (including phenoxy) is 5. The van der Waals surface area contributed by atoms with Gasteiger partial charge in [-0.15, -0.1) is 0 Å². The Labute approximate surface area is 191 Å². The van der Waals surface area contributed by atoms with Crippen molar-refractivity contribution in [3.05, 3.63) is 0 Å². The fraction of sp³-hybridized carbons (Fsp3) is 0.958. The third-order valence-electron chi connectivity index (χ3n) is 4.85. The smallest absolute Gasteiger partial charge is 0.248 e. The van der Waals surface area contributed by atoms with Crippen molar-refractivity contribution in [1.82, 2.24) is 4.90 Å². The molecular weight excluding hydrogens is 398 g/mol. The summed E-state index contributed by atoms with van der Waals surface area (Å²) in [5.74, 6) is -0.0486. The van der Waals surface area contributed by atoms with Crippen LogP contribution in [0.15, 0.2) is 0 Å². The van der Waals surface area contributed by atoms with Crippen molar-refractivity contribution in [2.75, 3.05) is 80.2 Å². The molecular formula is C24H49NO6. The van der Waals surface area contributed by atoms with Crippen LogP contribution in [0, 0.1) is 0 Å². The molecule has 0 atom stereocenters. The van der Waals surface area contributed by atoms with Gasteiger partial charge >= 0.3 is 0 Å². The van der Waals surface area contributed by atoms with Crippen LogP contribution in [0.4, 0.5) is 0 Å². The summed E-state index contributed by atoms with van der Waals surface area (Å²) < 4.78 is 27.1. The molecule has 0 aliphatic rings. The molecule has 1 amide bonds. The fourth-order valence-electron chi connectivity index (χ4n) is 2.86. The standard InChI is InChI=1S/C24H49NO6/c1-4-5-6-7-8-9-10-11-12-13-14-27-15-16-28-17-18-29-19-20-30-21-22-31-23-24(26)25(2)3/h4-23H2,1-3H3. The summed E-state index contributed by atoms with van der Waals surface area (Å²) in [4.78, 5) is 12.8. The monoisotopic (exact) mass is 447 g/mol. The molecule has 186 valence electrons. The molecule has 0 spiro atoms. The predicted octanol–water partition coefficient (Wildman–Crippen LogP) is 4.08. The van der Waals surface area contributed by atoms with Crippen LogP contribution in [0.3, 0.4) is 0 Å². The maximum absolute atomic E-state index is 11.3. The molecule has 0 fully saturated rings. The molecule has 0 unspecified atom stereocenters. The number of hydrogen-bond acceptors (Lipinski definition) is 6. The largest absolute Gasteiger partial charge is 0.379 e. The molecule has 0 rings (SSSR count). The first-order valence-electron chi connectivity index (χ1n) is 12.3. The Morgan fingerprint density at radius 1 is 0.516 bits per heavy atom. The number of unbranched alkanes of at least 4 members (excludes halogenated alkanes) is 9. The zero-order valence-electron chi connectivity index (χ0n) is 20.5. The Kier molecular flexibility index (Phi) is 24.9. The van der Waals surface area contributed by atoms with E-state index in [1.54, 1.807) is 14.1 Å². The maximum Gasteiger partial charge on any atom is 0.248 e. The zero-order chi connectivity index (χ0) is 22.8. The molecule has 0 aromatic rings. The molecule has 0 radical (unpaired) electrons. The van der Waals surface area contributed by atoms with Gasteiger partial charge in [-0.3, -0.25) is 4.79 Å². The summed E-state index contributed by atoms with van der Waals surface area (Å²) in [6.07, 6.45) is 13.4. The quantitative estimate of drug-likeness (QED) is 0.197. The highest BCUT2D eigenvalue weighted by atomic mass is 16.6. The molecule has 0 aromatic carbocycles. The Balaban J connectivity index is 3.04. The average Bonchev–Trinajstić information content (AvgIpc) is 2.76. The lowest BCUT2D eigenvalue weighted by Gasteiger charge is -2.10. The van der Waals surface area contributed by atoms with E-state index in [4.69, 9.17) is 23.7 Å². The molecule has 0 N–H and O–H groups in total. The first-order chi connectivity index (χ1) is 15.2. The number of carbonyl (C=O) groups is 1. The lowest BCUT2D eigenvalue weighted by atomic mass is 10.1. The second kappa shape index (κ2) is 25.5. The van der Waals surface area contributed by atoms with E-state index in [-0.39, 0.29) is 12.5 Å². The van der Waals surface area contributed by atoms with Gasteiger partial charge < -0.3 is 28.6 Å². The Morgan fingerprint density at radius 2 is 0.871 bits per heavy atom. The van der Waals surface area contributed by atoms with Gasteiger partial charge in [-0.05, 0) is 6.42 Å². The first kappa shape index (κ1) is 30.3. The molecule has 0 saturated carbocycles. The van der Waals surface area contributed by atoms with Crippen molar-refractivity contribution in [2.24, 2.45) is 0 Å². The number of rotatable bonds is 25. The van der Waals surface area contributed by atoms with Crippen LogP contribution in [0.25, 0.3) is 0 Å². The van der Waals surface area contributed by atoms with Crippen molar-refractivity contribution in [3.63, 3.8) is 0 Å². The van der Waals surface area contributed by atoms with E-state index in [1.807, 2.05) is 0 Å². The van der Waals surface area contributed by atoms with Gasteiger partial charge in [0.2, 0.25) is 5.91 Å². The number of amides is 1. The number of nitrogens with zero attached hydrogens (tertiary/aromatic N) is 1. The third kappa shape index (κ3) is 25.4. The van der Waals surface area contributed by atoms with Crippen LogP contribution in [-0.4, -0.2) is 91.0 Å². The lowest BCUT2D eigenvalue weighted by molar-refractivity contribution is -0.134. The minimum atomic E-state index is -0.0486. The summed E-state index contributed by atoms with van der Waals surface area (Å²) in [7, 11) is 3.41. The van der Waals surface area contributed by atoms with E-state index in [0.717, 1.165) is 13.0 Å². The van der Waals surface area contributed by atoms with Crippen LogP contribution < -0.4 is 0 Å². The Morgan fingerprint density at radius 3 is 1.29 bits per heavy atom. The molecule has 7 nitrogen and oxygen atoms in total. The van der Waals surface area contributed by atoms with Crippen LogP contribution >= 0.6 is 0 Å². The van der Waals surface area contributed by atoms with Crippen LogP contribution in [-0.2, 0) is 28.5 Å². The van der Waals surface area contributed by atoms with Gasteiger partial charge in [-0.1, -0.05) is 64.7 Å². The van der Waals surface area contributed by atoms with E-state index in [1.165, 1.54) is 62.7 Å². The second-order valence-electron chi connectivity index (χ2n) is 7.97. The van der Waals surface area contributed by atoms with Gasteiger partial charge in [0, 0.05) is 20.7 Å². The minimum absolute atomic E-state index is 0.0486. The summed E-state index contributed by atoms with van der Waals surface area (Å²) >= 11 is 0. The third-order valence-corrected chi connectivity index (χ3v) is 4.85. The van der Waals surface area contributed by atoms with Gasteiger partial charge in [0.25, 0.3) is 0 Å². The van der Waals surface area contributed by atoms with Gasteiger partial charge in [-0.2, -0.15) is 0 Å². The first-order valence-corrected chi connectivity index (χ1v) is 12.3. The summed E-state index contributed by atoms with van der Waals surface area (Å²) in [6.45, 7) is 7.46. The molecule has 0 bridgehead atoms. The van der Waals surface area contributed by atoms with E-state index in [2.05, 4.69) is 6.92 Å². The van der Waals surface area contributed by atoms with Crippen LogP contribution in [0.2, 0.25) is 0 Å². The highest BCUT2D eigenvalue weighted by Crippen LogP contribution is 2.10. The minimum Gasteiger partial charge on any atom is -0.379 e. The number of hydrogen-bond donors (Lipinski definition) is 0. The number of likely N-dealkylation sites (N-methyl/N-ethyl adjacent to an activating group) is 1. The Hall–Kier alpha value is -0.730. The van der Waals surface area contributed by atoms with E-state index in [9.17, 15) is 4.79 Å². The average molecular weight is 448 g/mol. The van der Waals surface area contributed by atoms with Crippen molar-refractivity contribution in [3.8, 4) is 0 Å². The normalized spacial score (nSPS) is 11.2.